The predicted molar refractivity (Wildman–Crippen MR) is 108 cm³/mol. The van der Waals surface area contributed by atoms with E-state index in [1.54, 1.807) is 18.2 Å². The Bertz CT molecular complexity index is 961. The average molecular weight is 435 g/mol. The van der Waals surface area contributed by atoms with Gasteiger partial charge in [-0.25, -0.2) is 0 Å². The average Bonchev–Trinajstić information content (AvgIpc) is 2.73. The van der Waals surface area contributed by atoms with Gasteiger partial charge in [-0.3, -0.25) is 9.59 Å². The molecule has 0 heterocycles. The summed E-state index contributed by atoms with van der Waals surface area (Å²) >= 11 is 12.7. The number of allylic oxidation sites excluding steroid dienone is 3. The molecule has 0 amide bonds. The normalized spacial score (nSPS) is 22.8. The molecule has 6 nitrogen and oxygen atoms in total. The summed E-state index contributed by atoms with van der Waals surface area (Å²) in [5, 5.41) is 10.5. The van der Waals surface area contributed by atoms with Gasteiger partial charge in [0.15, 0.2) is 0 Å². The van der Waals surface area contributed by atoms with Gasteiger partial charge in [0.25, 0.3) is 0 Å². The van der Waals surface area contributed by atoms with Crippen molar-refractivity contribution in [1.82, 2.24) is 0 Å². The van der Waals surface area contributed by atoms with Crippen LogP contribution in [0.15, 0.2) is 41.1 Å². The molecule has 152 valence electrons. The first kappa shape index (κ1) is 21.2. The molecule has 1 aromatic rings. The van der Waals surface area contributed by atoms with Crippen LogP contribution in [0.5, 0.6) is 0 Å². The van der Waals surface area contributed by atoms with Crippen LogP contribution in [0.2, 0.25) is 10.0 Å². The molecule has 3 rings (SSSR count). The zero-order valence-corrected chi connectivity index (χ0v) is 17.5. The largest absolute Gasteiger partial charge is 0.468 e. The number of rotatable bonds is 3. The van der Waals surface area contributed by atoms with Gasteiger partial charge >= 0.3 is 11.9 Å². The summed E-state index contributed by atoms with van der Waals surface area (Å²) in [4.78, 5) is 26.3. The number of fused-ring (bicyclic) bond motifs is 1. The lowest BCUT2D eigenvalue weighted by Gasteiger charge is -2.46. The van der Waals surface area contributed by atoms with Crippen LogP contribution in [-0.4, -0.2) is 26.2 Å². The number of carbonyl (C=O) groups excluding carboxylic acids is 2. The first-order chi connectivity index (χ1) is 13.8. The molecule has 2 N–H and O–H groups in total. The fourth-order valence-corrected chi connectivity index (χ4v) is 4.98. The van der Waals surface area contributed by atoms with E-state index < -0.39 is 23.3 Å². The molecule has 0 fully saturated rings. The minimum absolute atomic E-state index is 0.111. The summed E-state index contributed by atoms with van der Waals surface area (Å²) in [7, 11) is 2.32. The molecule has 0 saturated heterocycles. The third-order valence-electron chi connectivity index (χ3n) is 5.75. The van der Waals surface area contributed by atoms with Crippen LogP contribution in [0.1, 0.15) is 30.7 Å². The Morgan fingerprint density at radius 3 is 2.48 bits per heavy atom. The Hall–Kier alpha value is -2.49. The lowest BCUT2D eigenvalue weighted by molar-refractivity contribution is -0.169. The van der Waals surface area contributed by atoms with Gasteiger partial charge < -0.3 is 15.2 Å². The fourth-order valence-electron chi connectivity index (χ4n) is 4.56. The summed E-state index contributed by atoms with van der Waals surface area (Å²) < 4.78 is 10.0. The third-order valence-corrected chi connectivity index (χ3v) is 6.33. The molecule has 29 heavy (non-hydrogen) atoms. The van der Waals surface area contributed by atoms with Crippen molar-refractivity contribution in [2.24, 2.45) is 17.1 Å². The second-order valence-corrected chi connectivity index (χ2v) is 7.88. The predicted octanol–water partition coefficient (Wildman–Crippen LogP) is 3.89. The number of hydrogen-bond acceptors (Lipinski definition) is 6. The van der Waals surface area contributed by atoms with Crippen LogP contribution in [-0.2, 0) is 19.1 Å². The Morgan fingerprint density at radius 2 is 1.90 bits per heavy atom. The van der Waals surface area contributed by atoms with Crippen molar-refractivity contribution in [2.75, 3.05) is 14.2 Å². The Morgan fingerprint density at radius 1 is 1.24 bits per heavy atom. The van der Waals surface area contributed by atoms with Gasteiger partial charge in [0, 0.05) is 16.0 Å². The number of hydrogen-bond donors (Lipinski definition) is 1. The molecule has 2 aliphatic carbocycles. The summed E-state index contributed by atoms with van der Waals surface area (Å²) in [6.45, 7) is 0. The molecule has 0 aliphatic heterocycles. The van der Waals surface area contributed by atoms with Crippen molar-refractivity contribution in [3.63, 3.8) is 0 Å². The summed E-state index contributed by atoms with van der Waals surface area (Å²) in [6, 6.07) is 6.91. The maximum absolute atomic E-state index is 13.2. The third kappa shape index (κ3) is 3.09. The maximum Gasteiger partial charge on any atom is 0.330 e. The SMILES string of the molecule is COC(=O)C1(C(=O)OC)C(N)=C(C#N)C2=CCCCC2C1c1cc(Cl)ccc1Cl. The molecule has 0 radical (unpaired) electrons. The molecular weight excluding hydrogens is 415 g/mol. The van der Waals surface area contributed by atoms with E-state index in [0.717, 1.165) is 27.1 Å². The highest BCUT2D eigenvalue weighted by atomic mass is 35.5. The van der Waals surface area contributed by atoms with E-state index in [-0.39, 0.29) is 17.2 Å². The Labute approximate surface area is 178 Å². The van der Waals surface area contributed by atoms with Crippen molar-refractivity contribution in [2.45, 2.75) is 25.2 Å². The Balaban J connectivity index is 2.48. The summed E-state index contributed by atoms with van der Waals surface area (Å²) in [6.07, 6.45) is 4.15. The zero-order chi connectivity index (χ0) is 21.3. The first-order valence-electron chi connectivity index (χ1n) is 9.07. The number of nitrogens with zero attached hydrogens (tertiary/aromatic N) is 1. The van der Waals surface area contributed by atoms with Gasteiger partial charge in [-0.05, 0) is 54.5 Å². The van der Waals surface area contributed by atoms with Crippen molar-refractivity contribution in [1.29, 1.82) is 5.26 Å². The van der Waals surface area contributed by atoms with Gasteiger partial charge in [0.1, 0.15) is 6.07 Å². The molecule has 1 aromatic carbocycles. The van der Waals surface area contributed by atoms with Crippen LogP contribution in [0.3, 0.4) is 0 Å². The van der Waals surface area contributed by atoms with Crippen LogP contribution < -0.4 is 5.73 Å². The number of halogens is 2. The lowest BCUT2D eigenvalue weighted by Crippen LogP contribution is -2.55. The highest BCUT2D eigenvalue weighted by molar-refractivity contribution is 6.33. The van der Waals surface area contributed by atoms with Crippen LogP contribution in [0.4, 0.5) is 0 Å². The summed E-state index contributed by atoms with van der Waals surface area (Å²) in [5.41, 5.74) is 5.44. The molecule has 0 saturated carbocycles. The first-order valence-corrected chi connectivity index (χ1v) is 9.82. The van der Waals surface area contributed by atoms with Crippen LogP contribution >= 0.6 is 23.2 Å². The van der Waals surface area contributed by atoms with E-state index in [4.69, 9.17) is 38.4 Å². The Kier molecular flexibility index (Phi) is 5.92. The molecular formula is C21H20Cl2N2O4. The van der Waals surface area contributed by atoms with Gasteiger partial charge in [0.05, 0.1) is 25.5 Å². The number of esters is 2. The van der Waals surface area contributed by atoms with Crippen molar-refractivity contribution >= 4 is 35.1 Å². The zero-order valence-electron chi connectivity index (χ0n) is 16.0. The highest BCUT2D eigenvalue weighted by Gasteiger charge is 2.64. The van der Waals surface area contributed by atoms with Gasteiger partial charge in [-0.1, -0.05) is 29.3 Å². The minimum atomic E-state index is -2.05. The second-order valence-electron chi connectivity index (χ2n) is 7.03. The minimum Gasteiger partial charge on any atom is -0.468 e. The quantitative estimate of drug-likeness (QED) is 0.571. The van der Waals surface area contributed by atoms with Crippen LogP contribution in [0, 0.1) is 22.7 Å². The van der Waals surface area contributed by atoms with E-state index in [9.17, 15) is 14.9 Å². The van der Waals surface area contributed by atoms with E-state index in [0.29, 0.717) is 27.6 Å². The van der Waals surface area contributed by atoms with Gasteiger partial charge in [-0.15, -0.1) is 0 Å². The number of benzene rings is 1. The van der Waals surface area contributed by atoms with Crippen molar-refractivity contribution in [3.05, 3.63) is 56.7 Å². The van der Waals surface area contributed by atoms with E-state index in [1.165, 1.54) is 0 Å². The monoisotopic (exact) mass is 434 g/mol. The number of nitrogens with two attached hydrogens (primary N) is 1. The van der Waals surface area contributed by atoms with Crippen LogP contribution in [0.25, 0.3) is 0 Å². The molecule has 0 aromatic heterocycles. The number of carbonyl (C=O) groups is 2. The van der Waals surface area contributed by atoms with E-state index in [2.05, 4.69) is 6.07 Å². The van der Waals surface area contributed by atoms with E-state index in [1.807, 2.05) is 6.08 Å². The molecule has 8 heteroatoms. The molecule has 2 aliphatic rings. The molecule has 2 atom stereocenters. The maximum atomic E-state index is 13.2. The smallest absolute Gasteiger partial charge is 0.330 e. The molecule has 0 bridgehead atoms. The molecule has 2 unspecified atom stereocenters. The standard InChI is InChI=1S/C21H20Cl2N2O4/c1-28-19(26)21(20(27)29-2)17(14-9-11(22)7-8-16(14)23)13-6-4-3-5-12(13)15(10-24)18(21)25/h5,7-9,13,17H,3-4,6,25H2,1-2H3. The summed E-state index contributed by atoms with van der Waals surface area (Å²) in [5.74, 6) is -3.00. The number of methoxy groups -OCH3 is 2. The highest BCUT2D eigenvalue weighted by Crippen LogP contribution is 2.58. The topological polar surface area (TPSA) is 102 Å². The lowest BCUT2D eigenvalue weighted by atomic mass is 9.55. The van der Waals surface area contributed by atoms with Crippen molar-refractivity contribution in [3.8, 4) is 6.07 Å². The fraction of sp³-hybridized carbons (Fsp3) is 0.381. The van der Waals surface area contributed by atoms with E-state index >= 15 is 0 Å². The van der Waals surface area contributed by atoms with Gasteiger partial charge in [-0.2, -0.15) is 5.26 Å². The number of ether oxygens (including phenoxy) is 2. The second kappa shape index (κ2) is 8.10. The molecule has 0 spiro atoms. The number of nitriles is 1. The van der Waals surface area contributed by atoms with Gasteiger partial charge in [0.2, 0.25) is 5.41 Å². The van der Waals surface area contributed by atoms with Crippen molar-refractivity contribution < 1.29 is 19.1 Å².